The minimum absolute atomic E-state index is 0.0154. The second kappa shape index (κ2) is 5.52. The Balaban J connectivity index is 1.91. The van der Waals surface area contributed by atoms with E-state index in [4.69, 9.17) is 9.47 Å². The molecular weight excluding hydrogens is 216 g/mol. The first kappa shape index (κ1) is 12.4. The Morgan fingerprint density at radius 1 is 1.41 bits per heavy atom. The second-order valence-electron chi connectivity index (χ2n) is 4.61. The van der Waals surface area contributed by atoms with Crippen LogP contribution in [0.5, 0.6) is 5.75 Å². The molecule has 0 radical (unpaired) electrons. The fourth-order valence-corrected chi connectivity index (χ4v) is 2.01. The maximum absolute atomic E-state index is 9.63. The van der Waals surface area contributed by atoms with Crippen LogP contribution in [0.2, 0.25) is 0 Å². The SMILES string of the molecule is CCCOC1C(O)CC1Oc1cccc(C)c1. The minimum Gasteiger partial charge on any atom is -0.488 e. The summed E-state index contributed by atoms with van der Waals surface area (Å²) in [7, 11) is 0. The Labute approximate surface area is 102 Å². The molecule has 1 aliphatic rings. The number of aliphatic hydroxyl groups is 1. The maximum atomic E-state index is 9.63. The summed E-state index contributed by atoms with van der Waals surface area (Å²) >= 11 is 0. The minimum atomic E-state index is -0.378. The van der Waals surface area contributed by atoms with E-state index < -0.39 is 0 Å². The van der Waals surface area contributed by atoms with Gasteiger partial charge in [0.05, 0.1) is 6.10 Å². The summed E-state index contributed by atoms with van der Waals surface area (Å²) < 4.78 is 11.4. The highest BCUT2D eigenvalue weighted by atomic mass is 16.6. The van der Waals surface area contributed by atoms with Crippen molar-refractivity contribution in [2.45, 2.75) is 45.0 Å². The molecule has 0 heterocycles. The summed E-state index contributed by atoms with van der Waals surface area (Å²) in [5.74, 6) is 0.854. The van der Waals surface area contributed by atoms with Crippen LogP contribution in [0, 0.1) is 6.92 Å². The first-order valence-electron chi connectivity index (χ1n) is 6.23. The van der Waals surface area contributed by atoms with Crippen molar-refractivity contribution in [3.05, 3.63) is 29.8 Å². The summed E-state index contributed by atoms with van der Waals surface area (Å²) in [4.78, 5) is 0. The molecule has 0 amide bonds. The van der Waals surface area contributed by atoms with Gasteiger partial charge in [-0.1, -0.05) is 19.1 Å². The smallest absolute Gasteiger partial charge is 0.130 e. The summed E-state index contributed by atoms with van der Waals surface area (Å²) in [6.45, 7) is 4.77. The number of hydrogen-bond acceptors (Lipinski definition) is 3. The predicted molar refractivity (Wildman–Crippen MR) is 66.2 cm³/mol. The van der Waals surface area contributed by atoms with Crippen molar-refractivity contribution in [3.8, 4) is 5.75 Å². The van der Waals surface area contributed by atoms with Crippen LogP contribution in [0.25, 0.3) is 0 Å². The van der Waals surface area contributed by atoms with Crippen molar-refractivity contribution >= 4 is 0 Å². The van der Waals surface area contributed by atoms with Crippen LogP contribution in [0.1, 0.15) is 25.3 Å². The second-order valence-corrected chi connectivity index (χ2v) is 4.61. The Morgan fingerprint density at radius 3 is 2.88 bits per heavy atom. The molecule has 94 valence electrons. The molecule has 0 bridgehead atoms. The zero-order chi connectivity index (χ0) is 12.3. The van der Waals surface area contributed by atoms with Crippen molar-refractivity contribution < 1.29 is 14.6 Å². The molecule has 1 fully saturated rings. The summed E-state index contributed by atoms with van der Waals surface area (Å²) in [6.07, 6.45) is 1.05. The molecule has 1 saturated carbocycles. The van der Waals surface area contributed by atoms with Gasteiger partial charge in [-0.05, 0) is 31.0 Å². The number of benzene rings is 1. The van der Waals surface area contributed by atoms with Crippen LogP contribution < -0.4 is 4.74 Å². The van der Waals surface area contributed by atoms with Crippen molar-refractivity contribution in [2.24, 2.45) is 0 Å². The van der Waals surface area contributed by atoms with Crippen LogP contribution in [-0.4, -0.2) is 30.0 Å². The van der Waals surface area contributed by atoms with Crippen LogP contribution in [0.15, 0.2) is 24.3 Å². The van der Waals surface area contributed by atoms with Gasteiger partial charge in [-0.2, -0.15) is 0 Å². The van der Waals surface area contributed by atoms with Gasteiger partial charge in [0.25, 0.3) is 0 Å². The molecule has 1 aromatic rings. The highest BCUT2D eigenvalue weighted by Gasteiger charge is 2.42. The fraction of sp³-hybridized carbons (Fsp3) is 0.571. The van der Waals surface area contributed by atoms with Gasteiger partial charge in [-0.15, -0.1) is 0 Å². The lowest BCUT2D eigenvalue weighted by molar-refractivity contribution is -0.162. The lowest BCUT2D eigenvalue weighted by atomic mass is 9.88. The molecule has 0 spiro atoms. The third-order valence-corrected chi connectivity index (χ3v) is 3.01. The molecule has 0 saturated heterocycles. The maximum Gasteiger partial charge on any atom is 0.130 e. The molecule has 3 atom stereocenters. The van der Waals surface area contributed by atoms with Crippen LogP contribution >= 0.6 is 0 Å². The predicted octanol–water partition coefficient (Wildman–Crippen LogP) is 2.30. The van der Waals surface area contributed by atoms with Gasteiger partial charge in [-0.25, -0.2) is 0 Å². The van der Waals surface area contributed by atoms with Gasteiger partial charge < -0.3 is 14.6 Å². The highest BCUT2D eigenvalue weighted by molar-refractivity contribution is 5.28. The van der Waals surface area contributed by atoms with Crippen LogP contribution in [0.3, 0.4) is 0 Å². The number of hydrogen-bond donors (Lipinski definition) is 1. The van der Waals surface area contributed by atoms with Gasteiger partial charge >= 0.3 is 0 Å². The lowest BCUT2D eigenvalue weighted by Crippen LogP contribution is -2.55. The van der Waals surface area contributed by atoms with E-state index in [2.05, 4.69) is 6.92 Å². The Hall–Kier alpha value is -1.06. The summed E-state index contributed by atoms with van der Waals surface area (Å²) in [6, 6.07) is 7.95. The van der Waals surface area contributed by atoms with E-state index in [1.165, 1.54) is 5.56 Å². The fourth-order valence-electron chi connectivity index (χ4n) is 2.01. The first-order valence-corrected chi connectivity index (χ1v) is 6.23. The number of aliphatic hydroxyl groups excluding tert-OH is 1. The Kier molecular flexibility index (Phi) is 4.02. The summed E-state index contributed by atoms with van der Waals surface area (Å²) in [5, 5.41) is 9.63. The first-order chi connectivity index (χ1) is 8.20. The largest absolute Gasteiger partial charge is 0.488 e. The molecule has 17 heavy (non-hydrogen) atoms. The van der Waals surface area contributed by atoms with E-state index in [1.54, 1.807) is 0 Å². The number of ether oxygens (including phenoxy) is 2. The molecule has 0 aliphatic heterocycles. The third-order valence-electron chi connectivity index (χ3n) is 3.01. The zero-order valence-corrected chi connectivity index (χ0v) is 10.4. The average molecular weight is 236 g/mol. The molecule has 2 rings (SSSR count). The average Bonchev–Trinajstić information content (AvgIpc) is 2.29. The topological polar surface area (TPSA) is 38.7 Å². The molecule has 0 aromatic heterocycles. The molecule has 1 aromatic carbocycles. The van der Waals surface area contributed by atoms with Crippen molar-refractivity contribution in [3.63, 3.8) is 0 Å². The van der Waals surface area contributed by atoms with Crippen molar-refractivity contribution in [1.82, 2.24) is 0 Å². The Morgan fingerprint density at radius 2 is 2.24 bits per heavy atom. The van der Waals surface area contributed by atoms with E-state index in [1.807, 2.05) is 31.2 Å². The standard InChI is InChI=1S/C14H20O3/c1-3-7-16-14-12(15)9-13(14)17-11-6-4-5-10(2)8-11/h4-6,8,12-15H,3,7,9H2,1-2H3. The molecule has 3 heteroatoms. The van der Waals surface area contributed by atoms with Gasteiger partial charge in [0.2, 0.25) is 0 Å². The normalized spacial score (nSPS) is 27.6. The molecule has 3 unspecified atom stereocenters. The van der Waals surface area contributed by atoms with Gasteiger partial charge in [-0.3, -0.25) is 0 Å². The molecule has 1 N–H and O–H groups in total. The summed E-state index contributed by atoms with van der Waals surface area (Å²) in [5.41, 5.74) is 1.17. The number of rotatable bonds is 5. The van der Waals surface area contributed by atoms with Crippen LogP contribution in [0.4, 0.5) is 0 Å². The van der Waals surface area contributed by atoms with Gasteiger partial charge in [0.15, 0.2) is 0 Å². The van der Waals surface area contributed by atoms with E-state index in [0.717, 1.165) is 12.2 Å². The quantitative estimate of drug-likeness (QED) is 0.852. The lowest BCUT2D eigenvalue weighted by Gasteiger charge is -2.40. The molecule has 3 nitrogen and oxygen atoms in total. The molecular formula is C14H20O3. The van der Waals surface area contributed by atoms with E-state index in [0.29, 0.717) is 13.0 Å². The third kappa shape index (κ3) is 2.99. The van der Waals surface area contributed by atoms with E-state index >= 15 is 0 Å². The van der Waals surface area contributed by atoms with Gasteiger partial charge in [0, 0.05) is 13.0 Å². The van der Waals surface area contributed by atoms with Gasteiger partial charge in [0.1, 0.15) is 18.0 Å². The van der Waals surface area contributed by atoms with Crippen molar-refractivity contribution in [1.29, 1.82) is 0 Å². The number of aryl methyl sites for hydroxylation is 1. The van der Waals surface area contributed by atoms with Crippen molar-refractivity contribution in [2.75, 3.05) is 6.61 Å². The Bertz CT molecular complexity index is 364. The monoisotopic (exact) mass is 236 g/mol. The zero-order valence-electron chi connectivity index (χ0n) is 10.4. The van der Waals surface area contributed by atoms with E-state index in [9.17, 15) is 5.11 Å². The van der Waals surface area contributed by atoms with E-state index in [-0.39, 0.29) is 18.3 Å². The van der Waals surface area contributed by atoms with Crippen LogP contribution in [-0.2, 0) is 4.74 Å². The molecule has 1 aliphatic carbocycles. The highest BCUT2D eigenvalue weighted by Crippen LogP contribution is 2.29.